The smallest absolute Gasteiger partial charge is 0.336 e. The number of methoxy groups -OCH3 is 2. The van der Waals surface area contributed by atoms with Crippen LogP contribution in [0.25, 0.3) is 22.1 Å². The number of fused-ring (bicyclic) bond motifs is 2. The molecule has 7 heteroatoms. The summed E-state index contributed by atoms with van der Waals surface area (Å²) in [6, 6.07) is 28.2. The monoisotopic (exact) mass is 561 g/mol. The number of ether oxygens (including phenoxy) is 3. The highest BCUT2D eigenvalue weighted by atomic mass is 16.5. The molecule has 1 aliphatic heterocycles. The molecule has 7 nitrogen and oxygen atoms in total. The van der Waals surface area contributed by atoms with Crippen LogP contribution in [0.2, 0.25) is 0 Å². The Kier molecular flexibility index (Phi) is 7.40. The molecule has 6 rings (SSSR count). The molecular weight excluding hydrogens is 530 g/mol. The molecule has 4 aromatic carbocycles. The zero-order valence-corrected chi connectivity index (χ0v) is 23.8. The maximum absolute atomic E-state index is 14.0. The molecule has 0 aliphatic carbocycles. The van der Waals surface area contributed by atoms with E-state index in [1.807, 2.05) is 90.7 Å². The molecule has 0 spiro atoms. The van der Waals surface area contributed by atoms with Gasteiger partial charge in [-0.25, -0.2) is 4.79 Å². The normalized spacial score (nSPS) is 14.4. The van der Waals surface area contributed by atoms with Gasteiger partial charge in [0.25, 0.3) is 5.91 Å². The number of carbonyl (C=O) groups is 1. The van der Waals surface area contributed by atoms with Crippen LogP contribution in [-0.4, -0.2) is 38.2 Å². The van der Waals surface area contributed by atoms with Crippen molar-refractivity contribution in [3.8, 4) is 28.4 Å². The first-order chi connectivity index (χ1) is 20.4. The topological polar surface area (TPSA) is 78.2 Å². The molecule has 5 aromatic rings. The Morgan fingerprint density at radius 3 is 2.33 bits per heavy atom. The van der Waals surface area contributed by atoms with Gasteiger partial charge in [-0.05, 0) is 77.6 Å². The Labute approximate surface area is 243 Å². The van der Waals surface area contributed by atoms with E-state index >= 15 is 0 Å². The molecule has 0 N–H and O–H groups in total. The zero-order valence-electron chi connectivity index (χ0n) is 23.8. The van der Waals surface area contributed by atoms with Crippen LogP contribution in [0.1, 0.15) is 33.1 Å². The molecule has 0 saturated carbocycles. The van der Waals surface area contributed by atoms with Gasteiger partial charge in [0, 0.05) is 29.6 Å². The summed E-state index contributed by atoms with van der Waals surface area (Å²) < 4.78 is 22.9. The van der Waals surface area contributed by atoms with E-state index in [-0.39, 0.29) is 12.5 Å². The first kappa shape index (κ1) is 27.1. The van der Waals surface area contributed by atoms with E-state index < -0.39 is 11.7 Å². The van der Waals surface area contributed by atoms with E-state index in [4.69, 9.17) is 18.6 Å². The highest BCUT2D eigenvalue weighted by Gasteiger charge is 2.33. The third-order valence-electron chi connectivity index (χ3n) is 7.83. The van der Waals surface area contributed by atoms with Crippen molar-refractivity contribution in [2.24, 2.45) is 0 Å². The van der Waals surface area contributed by atoms with Crippen molar-refractivity contribution in [2.45, 2.75) is 19.4 Å². The number of carbonyl (C=O) groups excluding carboxylic acids is 1. The standard InChI is InChI=1S/C35H31NO6/c1-22-17-34(37)42-31-19-27(13-14-28(22)31)41-21-30-29-20-33(40-3)32(39-2)18-26(29)15-16-36(30)35(38)25-11-9-24(10-12-25)23-7-5-4-6-8-23/h4-14,17-20,30H,15-16,21H2,1-3H3. The van der Waals surface area contributed by atoms with Gasteiger partial charge in [-0.2, -0.15) is 0 Å². The molecule has 212 valence electrons. The highest BCUT2D eigenvalue weighted by molar-refractivity contribution is 5.95. The lowest BCUT2D eigenvalue weighted by atomic mass is 9.91. The Morgan fingerprint density at radius 2 is 1.60 bits per heavy atom. The quantitative estimate of drug-likeness (QED) is 0.208. The SMILES string of the molecule is COc1cc2c(cc1OC)C(COc1ccc3c(C)cc(=O)oc3c1)N(C(=O)c1ccc(-c3ccccc3)cc1)CC2. The number of rotatable bonds is 7. The van der Waals surface area contributed by atoms with Crippen molar-refractivity contribution in [1.29, 1.82) is 0 Å². The van der Waals surface area contributed by atoms with Crippen molar-refractivity contribution < 1.29 is 23.4 Å². The van der Waals surface area contributed by atoms with E-state index in [1.54, 1.807) is 20.3 Å². The molecule has 0 saturated heterocycles. The molecule has 1 aromatic heterocycles. The first-order valence-corrected chi connectivity index (χ1v) is 13.8. The maximum atomic E-state index is 14.0. The van der Waals surface area contributed by atoms with Gasteiger partial charge < -0.3 is 23.5 Å². The Hall–Kier alpha value is -5.04. The number of hydrogen-bond donors (Lipinski definition) is 0. The van der Waals surface area contributed by atoms with Gasteiger partial charge in [0.15, 0.2) is 11.5 Å². The number of nitrogens with zero attached hydrogens (tertiary/aromatic N) is 1. The summed E-state index contributed by atoms with van der Waals surface area (Å²) in [7, 11) is 3.21. The van der Waals surface area contributed by atoms with Crippen molar-refractivity contribution >= 4 is 16.9 Å². The second kappa shape index (κ2) is 11.4. The average molecular weight is 562 g/mol. The summed E-state index contributed by atoms with van der Waals surface area (Å²) in [5.74, 6) is 1.70. The molecule has 0 fully saturated rings. The largest absolute Gasteiger partial charge is 0.493 e. The van der Waals surface area contributed by atoms with Gasteiger partial charge in [-0.1, -0.05) is 42.5 Å². The van der Waals surface area contributed by atoms with Crippen LogP contribution in [0.15, 0.2) is 100 Å². The molecule has 1 aliphatic rings. The van der Waals surface area contributed by atoms with Crippen molar-refractivity contribution in [1.82, 2.24) is 4.90 Å². The average Bonchev–Trinajstić information content (AvgIpc) is 3.02. The van der Waals surface area contributed by atoms with E-state index in [0.717, 1.165) is 33.2 Å². The van der Waals surface area contributed by atoms with Crippen LogP contribution in [-0.2, 0) is 6.42 Å². The first-order valence-electron chi connectivity index (χ1n) is 13.8. The lowest BCUT2D eigenvalue weighted by Crippen LogP contribution is -2.42. The number of aryl methyl sites for hydroxylation is 1. The molecule has 1 amide bonds. The van der Waals surface area contributed by atoms with E-state index in [9.17, 15) is 9.59 Å². The number of amides is 1. The molecule has 42 heavy (non-hydrogen) atoms. The lowest BCUT2D eigenvalue weighted by Gasteiger charge is -2.37. The Morgan fingerprint density at radius 1 is 0.881 bits per heavy atom. The third kappa shape index (κ3) is 5.21. The second-order valence-corrected chi connectivity index (χ2v) is 10.3. The summed E-state index contributed by atoms with van der Waals surface area (Å²) >= 11 is 0. The summed E-state index contributed by atoms with van der Waals surface area (Å²) in [5.41, 5.74) is 5.65. The molecule has 2 heterocycles. The number of benzene rings is 4. The van der Waals surface area contributed by atoms with Crippen molar-refractivity contribution in [3.63, 3.8) is 0 Å². The van der Waals surface area contributed by atoms with Crippen LogP contribution in [0.5, 0.6) is 17.2 Å². The van der Waals surface area contributed by atoms with Gasteiger partial charge in [-0.3, -0.25) is 4.79 Å². The number of hydrogen-bond acceptors (Lipinski definition) is 6. The van der Waals surface area contributed by atoms with E-state index in [0.29, 0.717) is 41.4 Å². The zero-order chi connectivity index (χ0) is 29.2. The fourth-order valence-electron chi connectivity index (χ4n) is 5.62. The Balaban J connectivity index is 1.33. The van der Waals surface area contributed by atoms with Crippen LogP contribution in [0.3, 0.4) is 0 Å². The van der Waals surface area contributed by atoms with Crippen molar-refractivity contribution in [3.05, 3.63) is 124 Å². The molecule has 0 bridgehead atoms. The van der Waals surface area contributed by atoms with Crippen LogP contribution < -0.4 is 19.8 Å². The van der Waals surface area contributed by atoms with Crippen LogP contribution in [0, 0.1) is 6.92 Å². The second-order valence-electron chi connectivity index (χ2n) is 10.3. The van der Waals surface area contributed by atoms with Crippen LogP contribution >= 0.6 is 0 Å². The molecule has 0 radical (unpaired) electrons. The van der Waals surface area contributed by atoms with Gasteiger partial charge in [-0.15, -0.1) is 0 Å². The van der Waals surface area contributed by atoms with Gasteiger partial charge >= 0.3 is 5.63 Å². The third-order valence-corrected chi connectivity index (χ3v) is 7.83. The minimum absolute atomic E-state index is 0.0798. The summed E-state index contributed by atoms with van der Waals surface area (Å²) in [4.78, 5) is 27.8. The lowest BCUT2D eigenvalue weighted by molar-refractivity contribution is 0.0589. The Bertz CT molecular complexity index is 1810. The molecule has 1 atom stereocenters. The fraction of sp³-hybridized carbons (Fsp3) is 0.200. The summed E-state index contributed by atoms with van der Waals surface area (Å²) in [5, 5.41) is 0.845. The summed E-state index contributed by atoms with van der Waals surface area (Å²) in [6.07, 6.45) is 0.667. The predicted molar refractivity (Wildman–Crippen MR) is 162 cm³/mol. The minimum Gasteiger partial charge on any atom is -0.493 e. The van der Waals surface area contributed by atoms with Gasteiger partial charge in [0.1, 0.15) is 17.9 Å². The minimum atomic E-state index is -0.408. The molecule has 1 unspecified atom stereocenters. The van der Waals surface area contributed by atoms with E-state index in [2.05, 4.69) is 0 Å². The summed E-state index contributed by atoms with van der Waals surface area (Å²) in [6.45, 7) is 2.58. The van der Waals surface area contributed by atoms with Gasteiger partial charge in [0.05, 0.1) is 20.3 Å². The maximum Gasteiger partial charge on any atom is 0.336 e. The predicted octanol–water partition coefficient (Wildman–Crippen LogP) is 6.60. The van der Waals surface area contributed by atoms with Gasteiger partial charge in [0.2, 0.25) is 0 Å². The van der Waals surface area contributed by atoms with E-state index in [1.165, 1.54) is 6.07 Å². The highest BCUT2D eigenvalue weighted by Crippen LogP contribution is 2.39. The fourth-order valence-corrected chi connectivity index (χ4v) is 5.62. The van der Waals surface area contributed by atoms with Crippen molar-refractivity contribution in [2.75, 3.05) is 27.4 Å². The molecular formula is C35H31NO6. The van der Waals surface area contributed by atoms with Crippen LogP contribution in [0.4, 0.5) is 0 Å².